The topological polar surface area (TPSA) is 64.2 Å². The van der Waals surface area contributed by atoms with Gasteiger partial charge in [-0.1, -0.05) is 261 Å². The molecule has 0 aliphatic rings. The van der Waals surface area contributed by atoms with E-state index in [1.165, 1.54) is 16.7 Å². The standard InChI is InChI=1S/C68H50N4/c69-67(51-28-9-3-10-29-51)70-64(44-43-50-27-13-14-36-57(50)48-23-5-1-6-24-48)55-34-21-32-53(45-55)59-38-15-18-40-61(59)62-41-19-16-39-60(62)54-33-22-35-56(46-54)65-47-66(72-68(71-65)52-30-11-4-12-31-52)63-42-20-17-37-58(63)49-25-7-2-8-26-49/h1-42,44-47H,43H2,(H2,69,70)/b64-44-. The van der Waals surface area contributed by atoms with Crippen LogP contribution in [0, 0.1) is 0 Å². The molecule has 0 amide bonds. The van der Waals surface area contributed by atoms with Crippen molar-refractivity contribution in [3.05, 3.63) is 296 Å². The van der Waals surface area contributed by atoms with Gasteiger partial charge in [0.2, 0.25) is 0 Å². The average Bonchev–Trinajstić information content (AvgIpc) is 3.47. The second-order valence-electron chi connectivity index (χ2n) is 17.7. The van der Waals surface area contributed by atoms with Crippen LogP contribution in [0.25, 0.3) is 95.2 Å². The minimum Gasteiger partial charge on any atom is -0.383 e. The Hall–Kier alpha value is -9.51. The van der Waals surface area contributed by atoms with Crippen LogP contribution in [0.4, 0.5) is 0 Å². The number of nitrogens with two attached hydrogens (primary N) is 1. The molecular formula is C68H50N4. The molecule has 1 heterocycles. The number of amidine groups is 1. The zero-order valence-corrected chi connectivity index (χ0v) is 39.7. The van der Waals surface area contributed by atoms with Crippen LogP contribution in [0.2, 0.25) is 0 Å². The number of hydrogen-bond donors (Lipinski definition) is 1. The average molecular weight is 923 g/mol. The van der Waals surface area contributed by atoms with E-state index in [0.29, 0.717) is 18.1 Å². The molecule has 0 saturated carbocycles. The highest BCUT2D eigenvalue weighted by molar-refractivity contribution is 6.01. The van der Waals surface area contributed by atoms with Crippen molar-refractivity contribution in [3.63, 3.8) is 0 Å². The van der Waals surface area contributed by atoms with E-state index in [9.17, 15) is 0 Å². The van der Waals surface area contributed by atoms with Gasteiger partial charge in [-0.3, -0.25) is 0 Å². The molecule has 2 N–H and O–H groups in total. The third-order valence-electron chi connectivity index (χ3n) is 13.1. The molecule has 0 saturated heterocycles. The third-order valence-corrected chi connectivity index (χ3v) is 13.1. The molecule has 11 aromatic rings. The van der Waals surface area contributed by atoms with Gasteiger partial charge in [0.1, 0.15) is 5.84 Å². The minimum absolute atomic E-state index is 0.464. The van der Waals surface area contributed by atoms with Gasteiger partial charge in [0, 0.05) is 27.8 Å². The molecule has 0 atom stereocenters. The van der Waals surface area contributed by atoms with Crippen molar-refractivity contribution in [2.24, 2.45) is 10.7 Å². The van der Waals surface area contributed by atoms with Gasteiger partial charge in [-0.15, -0.1) is 0 Å². The summed E-state index contributed by atoms with van der Waals surface area (Å²) in [7, 11) is 0. The van der Waals surface area contributed by atoms with Crippen LogP contribution in [-0.2, 0) is 6.42 Å². The summed E-state index contributed by atoms with van der Waals surface area (Å²) >= 11 is 0. The Bertz CT molecular complexity index is 3710. The summed E-state index contributed by atoms with van der Waals surface area (Å²) in [5, 5.41) is 0. The van der Waals surface area contributed by atoms with Crippen molar-refractivity contribution in [2.75, 3.05) is 0 Å². The number of hydrogen-bond acceptors (Lipinski definition) is 3. The fourth-order valence-corrected chi connectivity index (χ4v) is 9.49. The highest BCUT2D eigenvalue weighted by Gasteiger charge is 2.17. The molecule has 0 bridgehead atoms. The summed E-state index contributed by atoms with van der Waals surface area (Å²) < 4.78 is 0. The second kappa shape index (κ2) is 21.0. The Labute approximate surface area is 421 Å². The van der Waals surface area contributed by atoms with Crippen LogP contribution in [0.5, 0.6) is 0 Å². The first-order valence-electron chi connectivity index (χ1n) is 24.4. The number of nitrogens with zero attached hydrogens (tertiary/aromatic N) is 3. The summed E-state index contributed by atoms with van der Waals surface area (Å²) in [5.74, 6) is 1.14. The van der Waals surface area contributed by atoms with Crippen LogP contribution < -0.4 is 5.73 Å². The number of rotatable bonds is 13. The van der Waals surface area contributed by atoms with Crippen molar-refractivity contribution < 1.29 is 0 Å². The van der Waals surface area contributed by atoms with Gasteiger partial charge >= 0.3 is 0 Å². The molecule has 0 unspecified atom stereocenters. The van der Waals surface area contributed by atoms with Crippen molar-refractivity contribution in [2.45, 2.75) is 6.42 Å². The van der Waals surface area contributed by atoms with Crippen LogP contribution in [0.15, 0.2) is 284 Å². The van der Waals surface area contributed by atoms with E-state index < -0.39 is 0 Å². The van der Waals surface area contributed by atoms with Crippen molar-refractivity contribution in [1.29, 1.82) is 0 Å². The van der Waals surface area contributed by atoms with Gasteiger partial charge in [-0.05, 0) is 85.8 Å². The molecule has 10 aromatic carbocycles. The molecule has 0 fully saturated rings. The molecular weight excluding hydrogens is 873 g/mol. The second-order valence-corrected chi connectivity index (χ2v) is 17.7. The molecule has 4 nitrogen and oxygen atoms in total. The van der Waals surface area contributed by atoms with Crippen molar-refractivity contribution in [3.8, 4) is 89.5 Å². The zero-order valence-electron chi connectivity index (χ0n) is 39.7. The normalized spacial score (nSPS) is 11.6. The van der Waals surface area contributed by atoms with Crippen LogP contribution in [0.1, 0.15) is 16.7 Å². The van der Waals surface area contributed by atoms with Gasteiger partial charge in [-0.25, -0.2) is 15.0 Å². The molecule has 11 rings (SSSR count). The Morgan fingerprint density at radius 1 is 0.333 bits per heavy atom. The summed E-state index contributed by atoms with van der Waals surface area (Å²) in [5.41, 5.74) is 26.7. The first-order valence-corrected chi connectivity index (χ1v) is 24.4. The van der Waals surface area contributed by atoms with Gasteiger partial charge in [0.15, 0.2) is 5.82 Å². The van der Waals surface area contributed by atoms with Crippen LogP contribution in [0.3, 0.4) is 0 Å². The molecule has 0 radical (unpaired) electrons. The van der Waals surface area contributed by atoms with E-state index in [1.54, 1.807) is 0 Å². The van der Waals surface area contributed by atoms with Gasteiger partial charge in [0.25, 0.3) is 0 Å². The smallest absolute Gasteiger partial charge is 0.160 e. The van der Waals surface area contributed by atoms with Crippen LogP contribution in [-0.4, -0.2) is 15.8 Å². The quantitative estimate of drug-likeness (QED) is 0.0925. The Morgan fingerprint density at radius 3 is 1.38 bits per heavy atom. The maximum Gasteiger partial charge on any atom is 0.160 e. The lowest BCUT2D eigenvalue weighted by Gasteiger charge is -2.16. The lowest BCUT2D eigenvalue weighted by atomic mass is 9.88. The number of aromatic nitrogens is 2. The Kier molecular flexibility index (Phi) is 13.1. The fourth-order valence-electron chi connectivity index (χ4n) is 9.49. The molecule has 342 valence electrons. The van der Waals surface area contributed by atoms with Gasteiger partial charge in [0.05, 0.1) is 17.1 Å². The van der Waals surface area contributed by atoms with E-state index in [2.05, 4.69) is 224 Å². The maximum atomic E-state index is 6.79. The fraction of sp³-hybridized carbons (Fsp3) is 0.0147. The summed E-state index contributed by atoms with van der Waals surface area (Å²) in [6.45, 7) is 0. The lowest BCUT2D eigenvalue weighted by molar-refractivity contribution is 1.18. The summed E-state index contributed by atoms with van der Waals surface area (Å²) in [4.78, 5) is 15.6. The predicted molar refractivity (Wildman–Crippen MR) is 301 cm³/mol. The molecule has 4 heteroatoms. The molecule has 0 aliphatic carbocycles. The van der Waals surface area contributed by atoms with Crippen LogP contribution >= 0.6 is 0 Å². The number of benzene rings is 10. The summed E-state index contributed by atoms with van der Waals surface area (Å²) in [6.07, 6.45) is 2.88. The van der Waals surface area contributed by atoms with Crippen molar-refractivity contribution >= 4 is 11.5 Å². The highest BCUT2D eigenvalue weighted by atomic mass is 14.9. The van der Waals surface area contributed by atoms with Gasteiger partial charge in [-0.2, -0.15) is 0 Å². The first kappa shape index (κ1) is 45.0. The van der Waals surface area contributed by atoms with E-state index in [-0.39, 0.29) is 0 Å². The minimum atomic E-state index is 0.464. The van der Waals surface area contributed by atoms with E-state index in [1.807, 2.05) is 54.6 Å². The monoisotopic (exact) mass is 922 g/mol. The molecule has 0 aliphatic heterocycles. The predicted octanol–water partition coefficient (Wildman–Crippen LogP) is 16.8. The first-order chi connectivity index (χ1) is 35.6. The maximum absolute atomic E-state index is 6.79. The zero-order chi connectivity index (χ0) is 48.5. The van der Waals surface area contributed by atoms with E-state index >= 15 is 0 Å². The van der Waals surface area contributed by atoms with Gasteiger partial charge < -0.3 is 5.73 Å². The third kappa shape index (κ3) is 9.84. The Morgan fingerprint density at radius 2 is 0.750 bits per heavy atom. The largest absolute Gasteiger partial charge is 0.383 e. The molecule has 72 heavy (non-hydrogen) atoms. The highest BCUT2D eigenvalue weighted by Crippen LogP contribution is 2.41. The summed E-state index contributed by atoms with van der Waals surface area (Å²) in [6, 6.07) is 95.2. The molecule has 1 aromatic heterocycles. The number of allylic oxidation sites excluding steroid dienone is 1. The molecule has 0 spiro atoms. The van der Waals surface area contributed by atoms with E-state index in [4.69, 9.17) is 20.7 Å². The van der Waals surface area contributed by atoms with E-state index in [0.717, 1.165) is 89.4 Å². The lowest BCUT2D eigenvalue weighted by Crippen LogP contribution is -2.13. The van der Waals surface area contributed by atoms with Crippen molar-refractivity contribution in [1.82, 2.24) is 9.97 Å². The SMILES string of the molecule is NC(=N/C(=C\Cc1ccccc1-c1ccccc1)c1cccc(-c2ccccc2-c2ccccc2-c2cccc(-c3cc(-c4ccccc4-c4ccccc4)nc(-c4ccccc4)n3)c2)c1)c1ccccc1. The Balaban J connectivity index is 0.982. The number of aliphatic imine (C=N–C) groups is 1.